The van der Waals surface area contributed by atoms with Gasteiger partial charge in [0.1, 0.15) is 12.2 Å². The number of nitrogens with one attached hydrogen (secondary N) is 5. The Balaban J connectivity index is 0.00000612. The number of carbonyl (C=O) groups excluding carboxylic acids is 6. The number of aromatic nitrogens is 2. The van der Waals surface area contributed by atoms with Gasteiger partial charge in [-0.05, 0) is 136 Å². The average molecular weight is 1030 g/mol. The number of esters is 2. The fraction of sp³-hybridized carbons (Fsp3) is 0.522. The Hall–Kier alpha value is -4.29. The number of fused-ring (bicyclic) bond motifs is 6. The fourth-order valence-corrected chi connectivity index (χ4v) is 12.3. The van der Waals surface area contributed by atoms with Crippen LogP contribution in [0.1, 0.15) is 59.2 Å². The van der Waals surface area contributed by atoms with Crippen LogP contribution in [0.25, 0.3) is 21.8 Å². The molecule has 10 atom stereocenters. The second kappa shape index (κ2) is 20.1. The van der Waals surface area contributed by atoms with Crippen LogP contribution in [0.5, 0.6) is 0 Å². The Morgan fingerprint density at radius 3 is 1.38 bits per heavy atom. The van der Waals surface area contributed by atoms with Gasteiger partial charge in [-0.25, -0.2) is 9.59 Å². The summed E-state index contributed by atoms with van der Waals surface area (Å²) in [5.41, 5.74) is 2.20. The molecule has 344 valence electrons. The lowest BCUT2D eigenvalue weighted by Gasteiger charge is -2.36. The molecule has 4 aliphatic carbocycles. The van der Waals surface area contributed by atoms with Crippen molar-refractivity contribution in [3.8, 4) is 0 Å². The number of imide groups is 1. The standard InChI is InChI=1S/C46H55Br2N7O8.ClH/c1-54(2)17-9-15-49-41(56)33-23-19-27(31(21-23)62-45(60)37-25-11-5-7-13-29(25)51-39(37)47)35(33)43(58)53-44(59)36-28-20-24(34(36)42(57)50-16-10-18-55(3)4)22-32(28)63-46(61)38-26-12-6-8-14-30(26)52-40(38)48;/h5-8,11-14,23-24,27-28,31-36,51-52H,9-10,15-22H2,1-4H3,(H,49,56)(H,50,57)(H,53,58,59);1H. The van der Waals surface area contributed by atoms with Gasteiger partial charge in [-0.2, -0.15) is 0 Å². The van der Waals surface area contributed by atoms with Gasteiger partial charge in [-0.1, -0.05) is 36.4 Å². The van der Waals surface area contributed by atoms with Gasteiger partial charge >= 0.3 is 11.9 Å². The topological polar surface area (TPSA) is 195 Å². The third kappa shape index (κ3) is 9.51. The number of hydrogen-bond acceptors (Lipinski definition) is 10. The van der Waals surface area contributed by atoms with E-state index in [2.05, 4.69) is 57.8 Å². The Morgan fingerprint density at radius 2 is 0.984 bits per heavy atom. The summed E-state index contributed by atoms with van der Waals surface area (Å²) in [5.74, 6) is -8.01. The Bertz CT molecular complexity index is 2260. The summed E-state index contributed by atoms with van der Waals surface area (Å²) in [5, 5.41) is 10.1. The average Bonchev–Trinajstić information content (AvgIpc) is 4.09. The molecule has 2 aromatic carbocycles. The van der Waals surface area contributed by atoms with Crippen LogP contribution < -0.4 is 16.0 Å². The molecule has 15 nitrogen and oxygen atoms in total. The minimum Gasteiger partial charge on any atom is -0.458 e. The molecule has 5 N–H and O–H groups in total. The molecule has 8 rings (SSSR count). The van der Waals surface area contributed by atoms with Crippen molar-refractivity contribution in [2.75, 3.05) is 54.4 Å². The smallest absolute Gasteiger partial charge is 0.341 e. The Morgan fingerprint density at radius 1 is 0.594 bits per heavy atom. The minimum absolute atomic E-state index is 0. The zero-order chi connectivity index (χ0) is 44.7. The SMILES string of the molecule is CN(C)CCCNC(=O)C1C2CC(OC(=O)c3c(Br)[nH]c4ccccc34)C(C2)C1C(=O)NC(=O)C1C2CC(CC2OC(=O)c2c(Br)[nH]c3ccccc23)C1C(=O)NCCCN(C)C.Cl. The van der Waals surface area contributed by atoms with Crippen LogP contribution in [-0.2, 0) is 28.7 Å². The van der Waals surface area contributed by atoms with E-state index in [0.717, 1.165) is 24.1 Å². The first-order valence-electron chi connectivity index (χ1n) is 21.9. The van der Waals surface area contributed by atoms with E-state index in [1.807, 2.05) is 86.5 Å². The quantitative estimate of drug-likeness (QED) is 0.0531. The van der Waals surface area contributed by atoms with Crippen molar-refractivity contribution < 1.29 is 38.2 Å². The second-order valence-electron chi connectivity index (χ2n) is 18.2. The molecule has 4 aliphatic rings. The van der Waals surface area contributed by atoms with Gasteiger partial charge in [0.25, 0.3) is 0 Å². The van der Waals surface area contributed by atoms with Crippen LogP contribution in [0.15, 0.2) is 57.7 Å². The van der Waals surface area contributed by atoms with Crippen molar-refractivity contribution in [2.45, 2.75) is 50.7 Å². The number of aromatic amines is 2. The lowest BCUT2D eigenvalue weighted by atomic mass is 9.75. The van der Waals surface area contributed by atoms with E-state index >= 15 is 0 Å². The number of rotatable bonds is 16. The molecule has 4 bridgehead atoms. The molecule has 4 fully saturated rings. The summed E-state index contributed by atoms with van der Waals surface area (Å²) < 4.78 is 13.3. The largest absolute Gasteiger partial charge is 0.458 e. The number of para-hydroxylation sites is 2. The zero-order valence-corrected chi connectivity index (χ0v) is 40.3. The number of hydrogen-bond donors (Lipinski definition) is 5. The van der Waals surface area contributed by atoms with Crippen molar-refractivity contribution in [3.05, 3.63) is 68.9 Å². The summed E-state index contributed by atoms with van der Waals surface area (Å²) in [7, 11) is 7.82. The van der Waals surface area contributed by atoms with Gasteiger partial charge < -0.3 is 39.9 Å². The number of benzene rings is 2. The van der Waals surface area contributed by atoms with Crippen LogP contribution >= 0.6 is 44.3 Å². The summed E-state index contributed by atoms with van der Waals surface area (Å²) in [6.45, 7) is 2.36. The molecule has 18 heteroatoms. The Labute approximate surface area is 394 Å². The molecule has 0 spiro atoms. The Kier molecular flexibility index (Phi) is 14.9. The van der Waals surface area contributed by atoms with Crippen LogP contribution in [0.2, 0.25) is 0 Å². The molecule has 2 heterocycles. The van der Waals surface area contributed by atoms with Crippen molar-refractivity contribution in [2.24, 2.45) is 47.3 Å². The van der Waals surface area contributed by atoms with E-state index in [1.165, 1.54) is 0 Å². The molecule has 0 aliphatic heterocycles. The number of carbonyl (C=O) groups is 6. The number of H-pyrrole nitrogens is 2. The van der Waals surface area contributed by atoms with Gasteiger partial charge in [0, 0.05) is 46.7 Å². The van der Waals surface area contributed by atoms with E-state index in [-0.39, 0.29) is 36.1 Å². The van der Waals surface area contributed by atoms with E-state index in [0.29, 0.717) is 82.7 Å². The maximum absolute atomic E-state index is 14.7. The van der Waals surface area contributed by atoms with Gasteiger partial charge in [0.2, 0.25) is 23.6 Å². The summed E-state index contributed by atoms with van der Waals surface area (Å²) in [6.07, 6.45) is 1.77. The van der Waals surface area contributed by atoms with Gasteiger partial charge in [-0.3, -0.25) is 24.5 Å². The van der Waals surface area contributed by atoms with E-state index in [4.69, 9.17) is 9.47 Å². The van der Waals surface area contributed by atoms with Crippen LogP contribution in [0, 0.1) is 47.3 Å². The van der Waals surface area contributed by atoms with Crippen molar-refractivity contribution in [1.82, 2.24) is 35.7 Å². The summed E-state index contributed by atoms with van der Waals surface area (Å²) >= 11 is 6.96. The summed E-state index contributed by atoms with van der Waals surface area (Å²) in [6, 6.07) is 14.8. The third-order valence-electron chi connectivity index (χ3n) is 13.8. The van der Waals surface area contributed by atoms with E-state index in [9.17, 15) is 28.8 Å². The number of amides is 4. The molecule has 10 unspecified atom stereocenters. The lowest BCUT2D eigenvalue weighted by Crippen LogP contribution is -2.53. The molecule has 0 saturated heterocycles. The molecular weight excluding hydrogens is 974 g/mol. The molecule has 4 saturated carbocycles. The van der Waals surface area contributed by atoms with E-state index < -0.39 is 71.5 Å². The first kappa shape index (κ1) is 47.7. The third-order valence-corrected chi connectivity index (χ3v) is 14.9. The number of halogens is 3. The molecule has 4 amide bonds. The van der Waals surface area contributed by atoms with Crippen LogP contribution in [-0.4, -0.2) is 122 Å². The highest BCUT2D eigenvalue weighted by atomic mass is 79.9. The normalized spacial score (nSPS) is 26.6. The highest BCUT2D eigenvalue weighted by Gasteiger charge is 2.62. The predicted molar refractivity (Wildman–Crippen MR) is 250 cm³/mol. The second-order valence-corrected chi connectivity index (χ2v) is 19.8. The molecular formula is C46H56Br2ClN7O8. The van der Waals surface area contributed by atoms with Gasteiger partial charge in [-0.15, -0.1) is 12.4 Å². The number of ether oxygens (including phenoxy) is 2. The maximum atomic E-state index is 14.7. The zero-order valence-electron chi connectivity index (χ0n) is 36.3. The monoisotopic (exact) mass is 1030 g/mol. The van der Waals surface area contributed by atoms with Gasteiger partial charge in [0.15, 0.2) is 0 Å². The molecule has 0 radical (unpaired) electrons. The number of nitrogens with zero attached hydrogens (tertiary/aromatic N) is 2. The van der Waals surface area contributed by atoms with Crippen molar-refractivity contribution in [3.63, 3.8) is 0 Å². The maximum Gasteiger partial charge on any atom is 0.341 e. The van der Waals surface area contributed by atoms with Crippen molar-refractivity contribution >= 4 is 102 Å². The van der Waals surface area contributed by atoms with Crippen LogP contribution in [0.3, 0.4) is 0 Å². The molecule has 2 aromatic heterocycles. The first-order valence-corrected chi connectivity index (χ1v) is 23.4. The van der Waals surface area contributed by atoms with Crippen LogP contribution in [0.4, 0.5) is 0 Å². The fourth-order valence-electron chi connectivity index (χ4n) is 11.1. The first-order chi connectivity index (χ1) is 30.2. The van der Waals surface area contributed by atoms with Gasteiger partial charge in [0.05, 0.1) is 44.0 Å². The summed E-state index contributed by atoms with van der Waals surface area (Å²) in [4.78, 5) is 95.4. The minimum atomic E-state index is -0.976. The van der Waals surface area contributed by atoms with Crippen molar-refractivity contribution in [1.29, 1.82) is 0 Å². The molecule has 4 aromatic rings. The lowest BCUT2D eigenvalue weighted by molar-refractivity contribution is -0.147. The van der Waals surface area contributed by atoms with E-state index in [1.54, 1.807) is 0 Å². The predicted octanol–water partition coefficient (Wildman–Crippen LogP) is 5.67. The highest BCUT2D eigenvalue weighted by molar-refractivity contribution is 9.10. The highest BCUT2D eigenvalue weighted by Crippen LogP contribution is 2.56. The molecule has 64 heavy (non-hydrogen) atoms.